The number of aromatic amines is 1. The number of rotatable bonds is 10. The number of aromatic nitrogens is 2. The van der Waals surface area contributed by atoms with Crippen molar-refractivity contribution in [3.8, 4) is 0 Å². The van der Waals surface area contributed by atoms with Crippen LogP contribution in [0.2, 0.25) is 0 Å². The van der Waals surface area contributed by atoms with Gasteiger partial charge in [0.1, 0.15) is 0 Å². The van der Waals surface area contributed by atoms with Gasteiger partial charge in [-0.25, -0.2) is 13.1 Å². The smallest absolute Gasteiger partial charge is 0.260 e. The molecule has 0 spiro atoms. The van der Waals surface area contributed by atoms with Crippen molar-refractivity contribution in [1.82, 2.24) is 25.1 Å². The number of hydrogen-bond donors (Lipinski definition) is 3. The zero-order valence-electron chi connectivity index (χ0n) is 13.4. The molecule has 0 atom stereocenters. The lowest BCUT2D eigenvalue weighted by Gasteiger charge is -2.19. The van der Waals surface area contributed by atoms with E-state index in [1.807, 2.05) is 6.92 Å². The van der Waals surface area contributed by atoms with Gasteiger partial charge in [0.15, 0.2) is 5.03 Å². The topological polar surface area (TPSA) is 90.1 Å². The summed E-state index contributed by atoms with van der Waals surface area (Å²) < 4.78 is 27.3. The van der Waals surface area contributed by atoms with Crippen molar-refractivity contribution in [1.29, 1.82) is 0 Å². The molecule has 0 saturated carbocycles. The first-order valence-corrected chi connectivity index (χ1v) is 8.85. The van der Waals surface area contributed by atoms with Gasteiger partial charge in [0.25, 0.3) is 10.0 Å². The van der Waals surface area contributed by atoms with Crippen LogP contribution in [0.1, 0.15) is 31.5 Å². The molecule has 0 amide bonds. The molecule has 0 bridgehead atoms. The Hall–Kier alpha value is -0.960. The van der Waals surface area contributed by atoms with E-state index in [0.29, 0.717) is 25.2 Å². The lowest BCUT2D eigenvalue weighted by Crippen LogP contribution is -2.35. The first-order chi connectivity index (χ1) is 9.96. The Balaban J connectivity index is 2.69. The van der Waals surface area contributed by atoms with Crippen LogP contribution in [-0.4, -0.2) is 56.7 Å². The number of sulfonamides is 1. The van der Waals surface area contributed by atoms with Gasteiger partial charge < -0.3 is 10.2 Å². The van der Waals surface area contributed by atoms with Gasteiger partial charge in [0.2, 0.25) is 0 Å². The number of likely N-dealkylation sites (N-methyl/N-ethyl adjacent to an activating group) is 1. The molecule has 0 aliphatic rings. The Bertz CT molecular complexity index is 527. The second kappa shape index (κ2) is 8.47. The molecule has 0 fully saturated rings. The average Bonchev–Trinajstić information content (AvgIpc) is 2.80. The Morgan fingerprint density at radius 1 is 1.29 bits per heavy atom. The highest BCUT2D eigenvalue weighted by atomic mass is 32.2. The van der Waals surface area contributed by atoms with Gasteiger partial charge in [-0.2, -0.15) is 5.10 Å². The third-order valence-electron chi connectivity index (χ3n) is 3.35. The molecule has 0 aromatic carbocycles. The summed E-state index contributed by atoms with van der Waals surface area (Å²) in [5, 5.41) is 9.72. The molecule has 7 nitrogen and oxygen atoms in total. The minimum atomic E-state index is -3.57. The largest absolute Gasteiger partial charge is 0.316 e. The summed E-state index contributed by atoms with van der Waals surface area (Å²) in [6, 6.07) is 0. The van der Waals surface area contributed by atoms with Crippen LogP contribution in [0, 0.1) is 6.92 Å². The van der Waals surface area contributed by atoms with Gasteiger partial charge >= 0.3 is 0 Å². The molecule has 1 aromatic heterocycles. The maximum Gasteiger partial charge on any atom is 0.260 e. The van der Waals surface area contributed by atoms with E-state index >= 15 is 0 Å². The Kier molecular flexibility index (Phi) is 7.30. The molecule has 3 N–H and O–H groups in total. The molecule has 21 heavy (non-hydrogen) atoms. The standard InChI is InChI=1S/C13H27N5O2S/c1-5-8-18(6-2)9-7-15-21(19,20)13-12(10-14-4)11(3)16-17-13/h14-15H,5-10H2,1-4H3,(H,16,17). The zero-order valence-corrected chi connectivity index (χ0v) is 14.2. The first-order valence-electron chi connectivity index (χ1n) is 7.36. The summed E-state index contributed by atoms with van der Waals surface area (Å²) >= 11 is 0. The molecule has 1 heterocycles. The second-order valence-electron chi connectivity index (χ2n) is 4.99. The highest BCUT2D eigenvalue weighted by molar-refractivity contribution is 7.89. The normalized spacial score (nSPS) is 12.2. The van der Waals surface area contributed by atoms with Gasteiger partial charge in [0, 0.05) is 30.9 Å². The van der Waals surface area contributed by atoms with Crippen LogP contribution < -0.4 is 10.0 Å². The minimum Gasteiger partial charge on any atom is -0.316 e. The predicted molar refractivity (Wildman–Crippen MR) is 83.7 cm³/mol. The van der Waals surface area contributed by atoms with Crippen LogP contribution in [0.4, 0.5) is 0 Å². The van der Waals surface area contributed by atoms with E-state index < -0.39 is 10.0 Å². The van der Waals surface area contributed by atoms with E-state index in [-0.39, 0.29) is 5.03 Å². The molecule has 0 saturated heterocycles. The summed E-state index contributed by atoms with van der Waals surface area (Å²) in [7, 11) is -1.79. The summed E-state index contributed by atoms with van der Waals surface area (Å²) in [4.78, 5) is 2.22. The van der Waals surface area contributed by atoms with Gasteiger partial charge in [-0.15, -0.1) is 0 Å². The van der Waals surface area contributed by atoms with Crippen molar-refractivity contribution in [3.63, 3.8) is 0 Å². The quantitative estimate of drug-likeness (QED) is 0.583. The van der Waals surface area contributed by atoms with Crippen LogP contribution in [0.15, 0.2) is 5.03 Å². The minimum absolute atomic E-state index is 0.0906. The molecule has 1 aromatic rings. The van der Waals surface area contributed by atoms with E-state index in [1.165, 1.54) is 0 Å². The number of nitrogens with one attached hydrogen (secondary N) is 3. The van der Waals surface area contributed by atoms with E-state index in [0.717, 1.165) is 25.2 Å². The van der Waals surface area contributed by atoms with Crippen LogP contribution in [0.3, 0.4) is 0 Å². The molecule has 0 radical (unpaired) electrons. The molecule has 1 rings (SSSR count). The molecule has 8 heteroatoms. The van der Waals surface area contributed by atoms with Crippen molar-refractivity contribution in [2.45, 2.75) is 38.8 Å². The molecule has 0 aliphatic carbocycles. The maximum absolute atomic E-state index is 12.3. The fourth-order valence-electron chi connectivity index (χ4n) is 2.19. The third-order valence-corrected chi connectivity index (χ3v) is 4.78. The van der Waals surface area contributed by atoms with Crippen molar-refractivity contribution in [2.75, 3.05) is 33.2 Å². The van der Waals surface area contributed by atoms with Gasteiger partial charge in [0.05, 0.1) is 0 Å². The van der Waals surface area contributed by atoms with Crippen molar-refractivity contribution in [2.24, 2.45) is 0 Å². The predicted octanol–water partition coefficient (Wildman–Crippen LogP) is 0.448. The highest BCUT2D eigenvalue weighted by Gasteiger charge is 2.23. The highest BCUT2D eigenvalue weighted by Crippen LogP contribution is 2.15. The summed E-state index contributed by atoms with van der Waals surface area (Å²) in [5.74, 6) is 0. The molecule has 0 aliphatic heterocycles. The number of H-pyrrole nitrogens is 1. The molecule has 0 unspecified atom stereocenters. The van der Waals surface area contributed by atoms with E-state index in [1.54, 1.807) is 7.05 Å². The fourth-order valence-corrected chi connectivity index (χ4v) is 3.40. The third kappa shape index (κ3) is 5.06. The maximum atomic E-state index is 12.3. The van der Waals surface area contributed by atoms with Crippen molar-refractivity contribution in [3.05, 3.63) is 11.3 Å². The average molecular weight is 317 g/mol. The lowest BCUT2D eigenvalue weighted by molar-refractivity contribution is 0.293. The molecular weight excluding hydrogens is 290 g/mol. The second-order valence-corrected chi connectivity index (χ2v) is 6.68. The van der Waals surface area contributed by atoms with Crippen molar-refractivity contribution < 1.29 is 8.42 Å². The summed E-state index contributed by atoms with van der Waals surface area (Å²) in [6.45, 7) is 9.46. The van der Waals surface area contributed by atoms with Crippen molar-refractivity contribution >= 4 is 10.0 Å². The van der Waals surface area contributed by atoms with Crippen LogP contribution in [0.25, 0.3) is 0 Å². The molecular formula is C13H27N5O2S. The van der Waals surface area contributed by atoms with Crippen LogP contribution in [0.5, 0.6) is 0 Å². The Morgan fingerprint density at radius 2 is 2.00 bits per heavy atom. The zero-order chi connectivity index (χ0) is 15.9. The van der Waals surface area contributed by atoms with Gasteiger partial charge in [-0.3, -0.25) is 5.10 Å². The monoisotopic (exact) mass is 317 g/mol. The SMILES string of the molecule is CCCN(CC)CCNS(=O)(=O)c1n[nH]c(C)c1CNC. The van der Waals surface area contributed by atoms with Crippen LogP contribution >= 0.6 is 0 Å². The fraction of sp³-hybridized carbons (Fsp3) is 0.769. The van der Waals surface area contributed by atoms with Gasteiger partial charge in [-0.05, 0) is 33.5 Å². The van der Waals surface area contributed by atoms with E-state index in [4.69, 9.17) is 0 Å². The Morgan fingerprint density at radius 3 is 2.57 bits per heavy atom. The number of nitrogens with zero attached hydrogens (tertiary/aromatic N) is 2. The van der Waals surface area contributed by atoms with E-state index in [9.17, 15) is 8.42 Å². The summed E-state index contributed by atoms with van der Waals surface area (Å²) in [6.07, 6.45) is 1.06. The summed E-state index contributed by atoms with van der Waals surface area (Å²) in [5.41, 5.74) is 1.46. The number of aryl methyl sites for hydroxylation is 1. The van der Waals surface area contributed by atoms with Crippen LogP contribution in [-0.2, 0) is 16.6 Å². The number of hydrogen-bond acceptors (Lipinski definition) is 5. The molecule has 122 valence electrons. The van der Waals surface area contributed by atoms with Gasteiger partial charge in [-0.1, -0.05) is 13.8 Å². The van der Waals surface area contributed by atoms with E-state index in [2.05, 4.69) is 39.0 Å². The first kappa shape index (κ1) is 18.1. The lowest BCUT2D eigenvalue weighted by atomic mass is 10.3. The Labute approximate surface area is 127 Å².